The molecular formula is C9H19N3O2. The summed E-state index contributed by atoms with van der Waals surface area (Å²) in [6.45, 7) is 5.48. The normalized spacial score (nSPS) is 12.8. The molecule has 0 aliphatic rings. The van der Waals surface area contributed by atoms with E-state index in [1.54, 1.807) is 11.0 Å². The Morgan fingerprint density at radius 2 is 1.93 bits per heavy atom. The van der Waals surface area contributed by atoms with E-state index in [1.807, 2.05) is 0 Å². The van der Waals surface area contributed by atoms with Gasteiger partial charge in [-0.3, -0.25) is 9.69 Å². The molecule has 0 bridgehead atoms. The van der Waals surface area contributed by atoms with Crippen molar-refractivity contribution in [2.45, 2.75) is 12.5 Å². The molecule has 0 rings (SSSR count). The van der Waals surface area contributed by atoms with Crippen LogP contribution in [0.2, 0.25) is 0 Å². The molecule has 1 atom stereocenters. The minimum absolute atomic E-state index is 0.412. The first-order valence-electron chi connectivity index (χ1n) is 4.65. The van der Waals surface area contributed by atoms with Crippen molar-refractivity contribution in [1.82, 2.24) is 4.90 Å². The van der Waals surface area contributed by atoms with Crippen LogP contribution in [-0.2, 0) is 4.79 Å². The minimum Gasteiger partial charge on any atom is -0.480 e. The SMILES string of the molecule is C=CCC(C(=O)O)N(CCN)CCN. The van der Waals surface area contributed by atoms with Crippen LogP contribution in [-0.4, -0.2) is 48.2 Å². The van der Waals surface area contributed by atoms with Crippen LogP contribution in [0.4, 0.5) is 0 Å². The average Bonchev–Trinajstić information content (AvgIpc) is 2.13. The van der Waals surface area contributed by atoms with E-state index in [4.69, 9.17) is 16.6 Å². The van der Waals surface area contributed by atoms with Crippen LogP contribution < -0.4 is 11.5 Å². The van der Waals surface area contributed by atoms with Gasteiger partial charge in [-0.2, -0.15) is 0 Å². The minimum atomic E-state index is -0.855. The molecule has 5 heteroatoms. The second kappa shape index (κ2) is 7.49. The summed E-state index contributed by atoms with van der Waals surface area (Å²) in [6.07, 6.45) is 2.01. The lowest BCUT2D eigenvalue weighted by molar-refractivity contribution is -0.143. The Hall–Kier alpha value is -0.910. The summed E-state index contributed by atoms with van der Waals surface area (Å²) in [4.78, 5) is 12.7. The Morgan fingerprint density at radius 3 is 2.21 bits per heavy atom. The molecule has 14 heavy (non-hydrogen) atoms. The molecule has 0 aliphatic heterocycles. The van der Waals surface area contributed by atoms with E-state index in [-0.39, 0.29) is 0 Å². The number of rotatable bonds is 8. The Morgan fingerprint density at radius 1 is 1.43 bits per heavy atom. The van der Waals surface area contributed by atoms with Crippen LogP contribution >= 0.6 is 0 Å². The molecule has 82 valence electrons. The van der Waals surface area contributed by atoms with Crippen molar-refractivity contribution < 1.29 is 9.90 Å². The summed E-state index contributed by atoms with van der Waals surface area (Å²) >= 11 is 0. The topological polar surface area (TPSA) is 92.6 Å². The molecule has 0 amide bonds. The zero-order valence-electron chi connectivity index (χ0n) is 8.35. The van der Waals surface area contributed by atoms with Crippen LogP contribution in [0.15, 0.2) is 12.7 Å². The Labute approximate surface area is 84.4 Å². The lowest BCUT2D eigenvalue weighted by Crippen LogP contribution is -2.45. The average molecular weight is 201 g/mol. The molecule has 0 heterocycles. The lowest BCUT2D eigenvalue weighted by atomic mass is 10.1. The molecule has 0 aromatic heterocycles. The molecular weight excluding hydrogens is 182 g/mol. The van der Waals surface area contributed by atoms with Crippen LogP contribution in [0, 0.1) is 0 Å². The van der Waals surface area contributed by atoms with Gasteiger partial charge in [-0.05, 0) is 6.42 Å². The molecule has 0 saturated carbocycles. The van der Waals surface area contributed by atoms with Gasteiger partial charge in [0.25, 0.3) is 0 Å². The van der Waals surface area contributed by atoms with Crippen LogP contribution in [0.1, 0.15) is 6.42 Å². The number of nitrogens with two attached hydrogens (primary N) is 2. The fourth-order valence-electron chi connectivity index (χ4n) is 1.32. The van der Waals surface area contributed by atoms with Gasteiger partial charge in [0.15, 0.2) is 0 Å². The van der Waals surface area contributed by atoms with Gasteiger partial charge in [-0.15, -0.1) is 6.58 Å². The maximum absolute atomic E-state index is 10.9. The van der Waals surface area contributed by atoms with E-state index in [1.165, 1.54) is 0 Å². The number of hydrogen-bond acceptors (Lipinski definition) is 4. The van der Waals surface area contributed by atoms with Crippen LogP contribution in [0.5, 0.6) is 0 Å². The number of aliphatic carboxylic acids is 1. The van der Waals surface area contributed by atoms with E-state index in [9.17, 15) is 4.79 Å². The maximum Gasteiger partial charge on any atom is 0.321 e. The number of nitrogens with zero attached hydrogens (tertiary/aromatic N) is 1. The van der Waals surface area contributed by atoms with Crippen molar-refractivity contribution in [3.63, 3.8) is 0 Å². The van der Waals surface area contributed by atoms with E-state index in [0.29, 0.717) is 32.6 Å². The Balaban J connectivity index is 4.36. The third-order valence-electron chi connectivity index (χ3n) is 1.95. The second-order valence-electron chi connectivity index (χ2n) is 2.99. The predicted molar refractivity (Wildman–Crippen MR) is 55.9 cm³/mol. The van der Waals surface area contributed by atoms with E-state index in [0.717, 1.165) is 0 Å². The first-order chi connectivity index (χ1) is 6.67. The third-order valence-corrected chi connectivity index (χ3v) is 1.95. The lowest BCUT2D eigenvalue weighted by Gasteiger charge is -2.26. The van der Waals surface area contributed by atoms with Gasteiger partial charge in [-0.25, -0.2) is 0 Å². The van der Waals surface area contributed by atoms with Gasteiger partial charge >= 0.3 is 5.97 Å². The summed E-state index contributed by atoms with van der Waals surface area (Å²) in [5.41, 5.74) is 10.8. The second-order valence-corrected chi connectivity index (χ2v) is 2.99. The first-order valence-corrected chi connectivity index (χ1v) is 4.65. The molecule has 0 aliphatic carbocycles. The maximum atomic E-state index is 10.9. The van der Waals surface area contributed by atoms with Crippen molar-refractivity contribution in [2.24, 2.45) is 11.5 Å². The highest BCUT2D eigenvalue weighted by Gasteiger charge is 2.22. The van der Waals surface area contributed by atoms with Crippen molar-refractivity contribution in [3.05, 3.63) is 12.7 Å². The van der Waals surface area contributed by atoms with Crippen molar-refractivity contribution in [2.75, 3.05) is 26.2 Å². The molecule has 0 aromatic carbocycles. The molecule has 0 fully saturated rings. The summed E-state index contributed by atoms with van der Waals surface area (Å²) in [7, 11) is 0. The number of hydrogen-bond donors (Lipinski definition) is 3. The molecule has 1 unspecified atom stereocenters. The van der Waals surface area contributed by atoms with E-state index >= 15 is 0 Å². The molecule has 0 saturated heterocycles. The van der Waals surface area contributed by atoms with Crippen molar-refractivity contribution in [3.8, 4) is 0 Å². The van der Waals surface area contributed by atoms with Gasteiger partial charge in [0.1, 0.15) is 6.04 Å². The van der Waals surface area contributed by atoms with Crippen LogP contribution in [0.25, 0.3) is 0 Å². The molecule has 5 N–H and O–H groups in total. The highest BCUT2D eigenvalue weighted by atomic mass is 16.4. The van der Waals surface area contributed by atoms with Crippen molar-refractivity contribution >= 4 is 5.97 Å². The summed E-state index contributed by atoms with van der Waals surface area (Å²) in [5.74, 6) is -0.855. The summed E-state index contributed by atoms with van der Waals surface area (Å²) in [6, 6.07) is -0.556. The molecule has 5 nitrogen and oxygen atoms in total. The number of carboxylic acid groups (broad SMARTS) is 1. The molecule has 0 spiro atoms. The van der Waals surface area contributed by atoms with Gasteiger partial charge in [0.05, 0.1) is 0 Å². The quantitative estimate of drug-likeness (QED) is 0.449. The fraction of sp³-hybridized carbons (Fsp3) is 0.667. The predicted octanol–water partition coefficient (Wildman–Crippen LogP) is -0.765. The molecule has 0 radical (unpaired) electrons. The third kappa shape index (κ3) is 4.36. The standard InChI is InChI=1S/C9H19N3O2/c1-2-3-8(9(13)14)12(6-4-10)7-5-11/h2,8H,1,3-7,10-11H2,(H,13,14). The number of carboxylic acids is 1. The molecule has 0 aromatic rings. The van der Waals surface area contributed by atoms with Crippen molar-refractivity contribution in [1.29, 1.82) is 0 Å². The smallest absolute Gasteiger partial charge is 0.321 e. The summed E-state index contributed by atoms with van der Waals surface area (Å²) in [5, 5.41) is 8.96. The zero-order valence-corrected chi connectivity index (χ0v) is 8.35. The summed E-state index contributed by atoms with van der Waals surface area (Å²) < 4.78 is 0. The van der Waals surface area contributed by atoms with Gasteiger partial charge in [0, 0.05) is 26.2 Å². The monoisotopic (exact) mass is 201 g/mol. The van der Waals surface area contributed by atoms with Crippen LogP contribution in [0.3, 0.4) is 0 Å². The van der Waals surface area contributed by atoms with E-state index < -0.39 is 12.0 Å². The first kappa shape index (κ1) is 13.1. The highest BCUT2D eigenvalue weighted by Crippen LogP contribution is 2.04. The Bertz CT molecular complexity index is 179. The van der Waals surface area contributed by atoms with E-state index in [2.05, 4.69) is 6.58 Å². The fourth-order valence-corrected chi connectivity index (χ4v) is 1.32. The largest absolute Gasteiger partial charge is 0.480 e. The Kier molecular flexibility index (Phi) is 7.00. The zero-order chi connectivity index (χ0) is 11.0. The van der Waals surface area contributed by atoms with Gasteiger partial charge < -0.3 is 16.6 Å². The highest BCUT2D eigenvalue weighted by molar-refractivity contribution is 5.73. The van der Waals surface area contributed by atoms with Gasteiger partial charge in [0.2, 0.25) is 0 Å². The van der Waals surface area contributed by atoms with Gasteiger partial charge in [-0.1, -0.05) is 6.08 Å². The number of carbonyl (C=O) groups is 1.